The number of nitrogens with zero attached hydrogens (tertiary/aromatic N) is 1. The van der Waals surface area contributed by atoms with Crippen molar-refractivity contribution < 1.29 is 9.59 Å². The van der Waals surface area contributed by atoms with Crippen molar-refractivity contribution in [2.75, 3.05) is 0 Å². The maximum Gasteiger partial charge on any atom is 0.155 e. The summed E-state index contributed by atoms with van der Waals surface area (Å²) in [5.74, 6) is 0. The van der Waals surface area contributed by atoms with E-state index in [9.17, 15) is 14.5 Å². The van der Waals surface area contributed by atoms with E-state index in [0.717, 1.165) is 12.8 Å². The fourth-order valence-electron chi connectivity index (χ4n) is 1.20. The third kappa shape index (κ3) is 2.10. The van der Waals surface area contributed by atoms with Gasteiger partial charge in [-0.3, -0.25) is 9.59 Å². The third-order valence-electron chi connectivity index (χ3n) is 1.89. The van der Waals surface area contributed by atoms with E-state index in [1.807, 2.05) is 6.08 Å². The second kappa shape index (κ2) is 5.01. The van der Waals surface area contributed by atoms with Crippen molar-refractivity contribution in [3.8, 4) is 0 Å². The number of allylic oxidation sites excluding steroid dienone is 4. The quantitative estimate of drug-likeness (QED) is 0.223. The van der Waals surface area contributed by atoms with E-state index in [1.54, 1.807) is 12.2 Å². The summed E-state index contributed by atoms with van der Waals surface area (Å²) in [5, 5.41) is 2.70. The van der Waals surface area contributed by atoms with Crippen LogP contribution in [-0.2, 0) is 9.59 Å². The number of nitroso groups, excluding NO2 is 1. The van der Waals surface area contributed by atoms with Crippen LogP contribution < -0.4 is 0 Å². The summed E-state index contributed by atoms with van der Waals surface area (Å²) in [6.07, 6.45) is 7.70. The van der Waals surface area contributed by atoms with Gasteiger partial charge in [0.2, 0.25) is 0 Å². The first kappa shape index (κ1) is 10.2. The lowest BCUT2D eigenvalue weighted by atomic mass is 10.0. The minimum Gasteiger partial charge on any atom is -0.298 e. The van der Waals surface area contributed by atoms with Crippen molar-refractivity contribution in [3.05, 3.63) is 40.0 Å². The van der Waals surface area contributed by atoms with Gasteiger partial charge in [-0.2, -0.15) is 0 Å². The molecule has 0 saturated heterocycles. The summed E-state index contributed by atoms with van der Waals surface area (Å²) in [7, 11) is 0. The first-order valence-electron chi connectivity index (χ1n) is 4.18. The summed E-state index contributed by atoms with van der Waals surface area (Å²) in [5.41, 5.74) is 0.254. The van der Waals surface area contributed by atoms with Crippen molar-refractivity contribution in [1.29, 1.82) is 0 Å². The molecule has 0 heterocycles. The molecule has 0 radical (unpaired) electrons. The van der Waals surface area contributed by atoms with Gasteiger partial charge < -0.3 is 0 Å². The molecule has 0 bridgehead atoms. The molecule has 0 N–H and O–H groups in total. The molecule has 4 nitrogen and oxygen atoms in total. The van der Waals surface area contributed by atoms with Crippen LogP contribution in [0, 0.1) is 4.91 Å². The summed E-state index contributed by atoms with van der Waals surface area (Å²) >= 11 is 0. The van der Waals surface area contributed by atoms with Gasteiger partial charge in [0.15, 0.2) is 12.6 Å². The molecule has 0 unspecified atom stereocenters. The van der Waals surface area contributed by atoms with Gasteiger partial charge in [0.25, 0.3) is 0 Å². The average molecular weight is 191 g/mol. The fraction of sp³-hybridized carbons (Fsp3) is 0.200. The van der Waals surface area contributed by atoms with Crippen LogP contribution in [0.3, 0.4) is 0 Å². The van der Waals surface area contributed by atoms with E-state index in [2.05, 4.69) is 5.18 Å². The molecule has 4 heteroatoms. The normalized spacial score (nSPS) is 14.1. The van der Waals surface area contributed by atoms with Crippen molar-refractivity contribution >= 4 is 12.6 Å². The molecule has 0 aromatic heterocycles. The minimum absolute atomic E-state index is 0.0778. The van der Waals surface area contributed by atoms with Gasteiger partial charge in [0.1, 0.15) is 5.70 Å². The van der Waals surface area contributed by atoms with E-state index in [1.165, 1.54) is 0 Å². The Bertz CT molecular complexity index is 340. The molecule has 0 aromatic carbocycles. The van der Waals surface area contributed by atoms with Crippen LogP contribution >= 0.6 is 0 Å². The van der Waals surface area contributed by atoms with E-state index < -0.39 is 0 Å². The molecule has 0 fully saturated rings. The highest BCUT2D eigenvalue weighted by atomic mass is 16.3. The molecule has 1 aliphatic rings. The molecule has 0 atom stereocenters. The topological polar surface area (TPSA) is 63.6 Å². The standard InChI is InChI=1S/C10H9NO3/c12-6-9(7-13)10(11-14)8-4-2-1-3-5-8/h2,4-7H,1,3H2. The second-order valence-corrected chi connectivity index (χ2v) is 2.77. The van der Waals surface area contributed by atoms with Gasteiger partial charge in [-0.05, 0) is 18.0 Å². The third-order valence-corrected chi connectivity index (χ3v) is 1.89. The Balaban J connectivity index is 3.13. The molecule has 72 valence electrons. The number of hydrogen-bond donors (Lipinski definition) is 0. The summed E-state index contributed by atoms with van der Waals surface area (Å²) in [6, 6.07) is 0. The van der Waals surface area contributed by atoms with Crippen molar-refractivity contribution in [2.24, 2.45) is 5.18 Å². The molecule has 1 rings (SSSR count). The minimum atomic E-state index is -0.210. The van der Waals surface area contributed by atoms with E-state index >= 15 is 0 Å². The Kier molecular flexibility index (Phi) is 3.67. The monoisotopic (exact) mass is 191 g/mol. The molecule has 14 heavy (non-hydrogen) atoms. The van der Waals surface area contributed by atoms with Crippen molar-refractivity contribution in [2.45, 2.75) is 12.8 Å². The highest BCUT2D eigenvalue weighted by molar-refractivity contribution is 6.01. The van der Waals surface area contributed by atoms with Gasteiger partial charge in [0, 0.05) is 5.57 Å². The summed E-state index contributed by atoms with van der Waals surface area (Å²) < 4.78 is 0. The second-order valence-electron chi connectivity index (χ2n) is 2.77. The molecule has 1 aliphatic carbocycles. The largest absolute Gasteiger partial charge is 0.298 e. The lowest BCUT2D eigenvalue weighted by Crippen LogP contribution is -1.96. The predicted molar refractivity (Wildman–Crippen MR) is 51.4 cm³/mol. The zero-order chi connectivity index (χ0) is 10.4. The molecule has 0 amide bonds. The van der Waals surface area contributed by atoms with E-state index in [-0.39, 0.29) is 11.3 Å². The van der Waals surface area contributed by atoms with Gasteiger partial charge in [0.05, 0.1) is 5.57 Å². The number of carbonyl (C=O) groups excluding carboxylic acids is 2. The van der Waals surface area contributed by atoms with Crippen molar-refractivity contribution in [1.82, 2.24) is 0 Å². The fourth-order valence-corrected chi connectivity index (χ4v) is 1.20. The Hall–Kier alpha value is -1.84. The Morgan fingerprint density at radius 1 is 1.29 bits per heavy atom. The number of aldehydes is 2. The molecule has 0 saturated carbocycles. The molecular weight excluding hydrogens is 182 g/mol. The van der Waals surface area contributed by atoms with E-state index in [4.69, 9.17) is 0 Å². The number of carbonyl (C=O) groups is 2. The zero-order valence-electron chi connectivity index (χ0n) is 7.47. The Morgan fingerprint density at radius 2 is 2.00 bits per heavy atom. The number of hydrogen-bond acceptors (Lipinski definition) is 4. The predicted octanol–water partition coefficient (Wildman–Crippen LogP) is 1.68. The maximum atomic E-state index is 10.5. The van der Waals surface area contributed by atoms with Gasteiger partial charge in [-0.1, -0.05) is 18.2 Å². The zero-order valence-corrected chi connectivity index (χ0v) is 7.47. The highest BCUT2D eigenvalue weighted by Crippen LogP contribution is 2.20. The number of rotatable bonds is 4. The summed E-state index contributed by atoms with van der Waals surface area (Å²) in [4.78, 5) is 31.3. The lowest BCUT2D eigenvalue weighted by molar-refractivity contribution is -0.109. The lowest BCUT2D eigenvalue weighted by Gasteiger charge is -2.05. The Labute approximate surface area is 81.0 Å². The van der Waals surface area contributed by atoms with Crippen LogP contribution in [0.4, 0.5) is 0 Å². The van der Waals surface area contributed by atoms with Crippen molar-refractivity contribution in [3.63, 3.8) is 0 Å². The molecule has 0 spiro atoms. The molecule has 0 aromatic rings. The summed E-state index contributed by atoms with van der Waals surface area (Å²) in [6.45, 7) is 0. The highest BCUT2D eigenvalue weighted by Gasteiger charge is 2.11. The Morgan fingerprint density at radius 3 is 2.43 bits per heavy atom. The van der Waals surface area contributed by atoms with Crippen LogP contribution in [0.15, 0.2) is 40.2 Å². The first-order chi connectivity index (χ1) is 6.83. The van der Waals surface area contributed by atoms with Crippen LogP contribution in [0.5, 0.6) is 0 Å². The first-order valence-corrected chi connectivity index (χ1v) is 4.18. The molecular formula is C10H9NO3. The van der Waals surface area contributed by atoms with Crippen LogP contribution in [0.1, 0.15) is 12.8 Å². The average Bonchev–Trinajstić information content (AvgIpc) is 2.27. The van der Waals surface area contributed by atoms with Gasteiger partial charge >= 0.3 is 0 Å². The smallest absolute Gasteiger partial charge is 0.155 e. The van der Waals surface area contributed by atoms with Crippen LogP contribution in [0.2, 0.25) is 0 Å². The van der Waals surface area contributed by atoms with Gasteiger partial charge in [-0.15, -0.1) is 4.91 Å². The van der Waals surface area contributed by atoms with Crippen LogP contribution in [0.25, 0.3) is 0 Å². The van der Waals surface area contributed by atoms with Gasteiger partial charge in [-0.25, -0.2) is 0 Å². The van der Waals surface area contributed by atoms with E-state index in [0.29, 0.717) is 18.1 Å². The molecule has 0 aliphatic heterocycles. The van der Waals surface area contributed by atoms with Crippen LogP contribution in [-0.4, -0.2) is 12.6 Å². The SMILES string of the molecule is O=CC(C=O)=C(N=O)C1=CCCC=C1. The maximum absolute atomic E-state index is 10.5.